The first kappa shape index (κ1) is 12.3. The summed E-state index contributed by atoms with van der Waals surface area (Å²) >= 11 is 5.91. The van der Waals surface area contributed by atoms with Crippen molar-refractivity contribution in [3.8, 4) is 0 Å². The van der Waals surface area contributed by atoms with E-state index >= 15 is 0 Å². The maximum absolute atomic E-state index is 8.93. The minimum absolute atomic E-state index is 0.0615. The van der Waals surface area contributed by atoms with Gasteiger partial charge in [-0.3, -0.25) is 0 Å². The first-order chi connectivity index (χ1) is 7.19. The fourth-order valence-electron chi connectivity index (χ4n) is 1.52. The van der Waals surface area contributed by atoms with Gasteiger partial charge in [0.2, 0.25) is 0 Å². The molecule has 0 bridgehead atoms. The number of anilines is 1. The summed E-state index contributed by atoms with van der Waals surface area (Å²) in [6.45, 7) is 3.11. The van der Waals surface area contributed by atoms with Gasteiger partial charge in [0.25, 0.3) is 0 Å². The Morgan fingerprint density at radius 2 is 1.80 bits per heavy atom. The molecule has 0 amide bonds. The topological polar surface area (TPSA) is 43.7 Å². The van der Waals surface area contributed by atoms with Crippen LogP contribution in [-0.4, -0.2) is 36.5 Å². The van der Waals surface area contributed by atoms with Crippen LogP contribution in [0.1, 0.15) is 5.56 Å². The maximum atomic E-state index is 8.93. The monoisotopic (exact) mass is 229 g/mol. The highest BCUT2D eigenvalue weighted by atomic mass is 35.5. The van der Waals surface area contributed by atoms with Crippen molar-refractivity contribution in [1.82, 2.24) is 0 Å². The number of benzene rings is 1. The van der Waals surface area contributed by atoms with Gasteiger partial charge in [-0.25, -0.2) is 0 Å². The van der Waals surface area contributed by atoms with Gasteiger partial charge in [-0.05, 0) is 24.6 Å². The second-order valence-electron chi connectivity index (χ2n) is 3.37. The highest BCUT2D eigenvalue weighted by Gasteiger charge is 2.08. The predicted molar refractivity (Wildman–Crippen MR) is 62.6 cm³/mol. The van der Waals surface area contributed by atoms with Crippen LogP contribution in [0.25, 0.3) is 0 Å². The number of hydrogen-bond acceptors (Lipinski definition) is 3. The van der Waals surface area contributed by atoms with Crippen LogP contribution in [0.4, 0.5) is 5.69 Å². The summed E-state index contributed by atoms with van der Waals surface area (Å²) in [5.74, 6) is 0. The number of aliphatic hydroxyl groups excluding tert-OH is 2. The number of aliphatic hydroxyl groups is 2. The molecule has 1 aromatic carbocycles. The average molecular weight is 230 g/mol. The molecule has 0 radical (unpaired) electrons. The molecule has 0 aromatic heterocycles. The summed E-state index contributed by atoms with van der Waals surface area (Å²) in [7, 11) is 0. The molecular formula is C11H16ClNO2. The Balaban J connectivity index is 2.93. The fraction of sp³-hybridized carbons (Fsp3) is 0.455. The summed E-state index contributed by atoms with van der Waals surface area (Å²) < 4.78 is 0. The normalized spacial score (nSPS) is 10.4. The van der Waals surface area contributed by atoms with Gasteiger partial charge in [0, 0.05) is 23.8 Å². The average Bonchev–Trinajstić information content (AvgIpc) is 2.21. The molecule has 2 N–H and O–H groups in total. The van der Waals surface area contributed by atoms with Gasteiger partial charge in [-0.2, -0.15) is 0 Å². The van der Waals surface area contributed by atoms with E-state index in [-0.39, 0.29) is 13.2 Å². The van der Waals surface area contributed by atoms with Gasteiger partial charge in [0.05, 0.1) is 13.2 Å². The van der Waals surface area contributed by atoms with Gasteiger partial charge in [0.15, 0.2) is 0 Å². The zero-order valence-electron chi connectivity index (χ0n) is 8.78. The van der Waals surface area contributed by atoms with E-state index in [9.17, 15) is 0 Å². The second-order valence-corrected chi connectivity index (χ2v) is 3.80. The molecule has 0 heterocycles. The van der Waals surface area contributed by atoms with E-state index in [1.807, 2.05) is 30.0 Å². The molecule has 0 saturated heterocycles. The molecular weight excluding hydrogens is 214 g/mol. The summed E-state index contributed by atoms with van der Waals surface area (Å²) in [6.07, 6.45) is 0. The quantitative estimate of drug-likeness (QED) is 0.803. The summed E-state index contributed by atoms with van der Waals surface area (Å²) in [4.78, 5) is 1.92. The molecule has 1 aromatic rings. The Morgan fingerprint density at radius 1 is 1.20 bits per heavy atom. The molecule has 0 aliphatic rings. The number of hydrogen-bond donors (Lipinski definition) is 2. The molecule has 0 spiro atoms. The van der Waals surface area contributed by atoms with Crippen molar-refractivity contribution in [1.29, 1.82) is 0 Å². The third-order valence-electron chi connectivity index (χ3n) is 2.25. The van der Waals surface area contributed by atoms with Crippen LogP contribution in [0.3, 0.4) is 0 Å². The smallest absolute Gasteiger partial charge is 0.0606 e. The van der Waals surface area contributed by atoms with E-state index in [0.717, 1.165) is 11.3 Å². The molecule has 4 heteroatoms. The lowest BCUT2D eigenvalue weighted by molar-refractivity contribution is 0.281. The summed E-state index contributed by atoms with van der Waals surface area (Å²) in [6, 6.07) is 5.61. The molecule has 0 aliphatic heterocycles. The lowest BCUT2D eigenvalue weighted by Gasteiger charge is -2.24. The Labute approximate surface area is 94.9 Å². The van der Waals surface area contributed by atoms with Crippen LogP contribution >= 0.6 is 11.6 Å². The van der Waals surface area contributed by atoms with Crippen molar-refractivity contribution >= 4 is 17.3 Å². The Morgan fingerprint density at radius 3 is 2.33 bits per heavy atom. The van der Waals surface area contributed by atoms with E-state index in [0.29, 0.717) is 18.1 Å². The number of nitrogens with zero attached hydrogens (tertiary/aromatic N) is 1. The van der Waals surface area contributed by atoms with Gasteiger partial charge in [0.1, 0.15) is 0 Å². The number of rotatable bonds is 5. The van der Waals surface area contributed by atoms with Crippen LogP contribution in [0.15, 0.2) is 18.2 Å². The molecule has 3 nitrogen and oxygen atoms in total. The first-order valence-corrected chi connectivity index (χ1v) is 5.29. The Bertz CT molecular complexity index is 311. The van der Waals surface area contributed by atoms with Crippen LogP contribution in [0.5, 0.6) is 0 Å². The van der Waals surface area contributed by atoms with Crippen molar-refractivity contribution in [2.45, 2.75) is 6.92 Å². The Kier molecular flexibility index (Phi) is 4.88. The Hall–Kier alpha value is -0.770. The number of halogens is 1. The number of aryl methyl sites for hydroxylation is 1. The van der Waals surface area contributed by atoms with Crippen molar-refractivity contribution in [3.05, 3.63) is 28.8 Å². The third kappa shape index (κ3) is 3.38. The van der Waals surface area contributed by atoms with Crippen molar-refractivity contribution in [3.63, 3.8) is 0 Å². The van der Waals surface area contributed by atoms with E-state index in [2.05, 4.69) is 0 Å². The van der Waals surface area contributed by atoms with Crippen molar-refractivity contribution < 1.29 is 10.2 Å². The van der Waals surface area contributed by atoms with Crippen LogP contribution in [0.2, 0.25) is 5.02 Å². The van der Waals surface area contributed by atoms with Crippen LogP contribution in [0, 0.1) is 6.92 Å². The fourth-order valence-corrected chi connectivity index (χ4v) is 1.68. The summed E-state index contributed by atoms with van der Waals surface area (Å²) in [5.41, 5.74) is 2.05. The van der Waals surface area contributed by atoms with Crippen molar-refractivity contribution in [2.24, 2.45) is 0 Å². The molecule has 0 saturated carbocycles. The molecule has 1 rings (SSSR count). The molecule has 15 heavy (non-hydrogen) atoms. The molecule has 0 aliphatic carbocycles. The van der Waals surface area contributed by atoms with E-state index in [1.54, 1.807) is 0 Å². The SMILES string of the molecule is Cc1ccc(Cl)cc1N(CCO)CCO. The minimum Gasteiger partial charge on any atom is -0.395 e. The van der Waals surface area contributed by atoms with Crippen LogP contribution < -0.4 is 4.90 Å². The third-order valence-corrected chi connectivity index (χ3v) is 2.49. The lowest BCUT2D eigenvalue weighted by Crippen LogP contribution is -2.30. The summed E-state index contributed by atoms with van der Waals surface area (Å²) in [5, 5.41) is 18.5. The zero-order valence-corrected chi connectivity index (χ0v) is 9.54. The van der Waals surface area contributed by atoms with E-state index < -0.39 is 0 Å². The highest BCUT2D eigenvalue weighted by molar-refractivity contribution is 6.30. The van der Waals surface area contributed by atoms with Gasteiger partial charge < -0.3 is 15.1 Å². The van der Waals surface area contributed by atoms with Crippen molar-refractivity contribution in [2.75, 3.05) is 31.2 Å². The predicted octanol–water partition coefficient (Wildman–Crippen LogP) is 1.44. The minimum atomic E-state index is 0.0615. The lowest BCUT2D eigenvalue weighted by atomic mass is 10.2. The molecule has 0 fully saturated rings. The van der Waals surface area contributed by atoms with E-state index in [4.69, 9.17) is 21.8 Å². The second kappa shape index (κ2) is 5.95. The van der Waals surface area contributed by atoms with E-state index in [1.165, 1.54) is 0 Å². The van der Waals surface area contributed by atoms with Gasteiger partial charge >= 0.3 is 0 Å². The molecule has 0 unspecified atom stereocenters. The molecule has 84 valence electrons. The molecule has 0 atom stereocenters. The largest absolute Gasteiger partial charge is 0.395 e. The standard InChI is InChI=1S/C11H16ClNO2/c1-9-2-3-10(12)8-11(9)13(4-6-14)5-7-15/h2-3,8,14-15H,4-7H2,1H3. The first-order valence-electron chi connectivity index (χ1n) is 4.92. The highest BCUT2D eigenvalue weighted by Crippen LogP contribution is 2.23. The van der Waals surface area contributed by atoms with Gasteiger partial charge in [-0.15, -0.1) is 0 Å². The van der Waals surface area contributed by atoms with Gasteiger partial charge in [-0.1, -0.05) is 17.7 Å². The maximum Gasteiger partial charge on any atom is 0.0606 e. The van der Waals surface area contributed by atoms with Crippen LogP contribution in [-0.2, 0) is 0 Å². The zero-order chi connectivity index (χ0) is 11.3.